The van der Waals surface area contributed by atoms with Crippen molar-refractivity contribution in [2.75, 3.05) is 6.61 Å². The number of aliphatic hydroxyl groups excluding tert-OH is 4. The maximum Gasteiger partial charge on any atom is 0.0587 e. The highest BCUT2D eigenvalue weighted by molar-refractivity contribution is 5.11. The van der Waals surface area contributed by atoms with Crippen molar-refractivity contribution in [2.24, 2.45) is 52.3 Å². The Morgan fingerprint density at radius 1 is 0.871 bits per heavy atom. The Bertz CT molecular complexity index is 624. The third kappa shape index (κ3) is 4.02. The zero-order valence-electron chi connectivity index (χ0n) is 20.3. The molecule has 0 aromatic heterocycles. The van der Waals surface area contributed by atoms with Gasteiger partial charge in [-0.2, -0.15) is 0 Å². The minimum absolute atomic E-state index is 0.0466. The Morgan fingerprint density at radius 3 is 2.26 bits per heavy atom. The minimum atomic E-state index is -0.410. The molecular weight excluding hydrogens is 388 g/mol. The fourth-order valence-corrected chi connectivity index (χ4v) is 9.22. The first-order valence-electron chi connectivity index (χ1n) is 13.3. The number of aliphatic hydroxyl groups is 4. The zero-order valence-corrected chi connectivity index (χ0v) is 20.3. The van der Waals surface area contributed by atoms with Crippen LogP contribution in [0.4, 0.5) is 0 Å². The third-order valence-electron chi connectivity index (χ3n) is 11.3. The summed E-state index contributed by atoms with van der Waals surface area (Å²) >= 11 is 0. The van der Waals surface area contributed by atoms with Crippen LogP contribution in [0.25, 0.3) is 0 Å². The minimum Gasteiger partial charge on any atom is -0.396 e. The molecule has 0 heterocycles. The predicted molar refractivity (Wildman–Crippen MR) is 123 cm³/mol. The van der Waals surface area contributed by atoms with Crippen LogP contribution in [0, 0.1) is 52.3 Å². The summed E-state index contributed by atoms with van der Waals surface area (Å²) in [5.74, 6) is 3.31. The highest BCUT2D eigenvalue weighted by Crippen LogP contribution is 2.68. The second-order valence-corrected chi connectivity index (χ2v) is 12.7. The lowest BCUT2D eigenvalue weighted by molar-refractivity contribution is -0.174. The van der Waals surface area contributed by atoms with E-state index >= 15 is 0 Å². The number of hydrogen-bond donors (Lipinski definition) is 4. The van der Waals surface area contributed by atoms with Crippen LogP contribution in [0.5, 0.6) is 0 Å². The molecule has 4 fully saturated rings. The van der Waals surface area contributed by atoms with Crippen molar-refractivity contribution in [3.05, 3.63) is 0 Å². The van der Waals surface area contributed by atoms with Gasteiger partial charge in [0.2, 0.25) is 0 Å². The molecule has 0 radical (unpaired) electrons. The molecule has 4 saturated carbocycles. The Balaban J connectivity index is 1.48. The molecule has 31 heavy (non-hydrogen) atoms. The first kappa shape index (κ1) is 24.0. The smallest absolute Gasteiger partial charge is 0.0587 e. The van der Waals surface area contributed by atoms with Crippen LogP contribution in [0.3, 0.4) is 0 Å². The van der Waals surface area contributed by atoms with Crippen LogP contribution in [0.15, 0.2) is 0 Å². The van der Waals surface area contributed by atoms with E-state index in [4.69, 9.17) is 0 Å². The molecule has 4 aliphatic carbocycles. The summed E-state index contributed by atoms with van der Waals surface area (Å²) in [6, 6.07) is 0. The second-order valence-electron chi connectivity index (χ2n) is 12.7. The highest BCUT2D eigenvalue weighted by atomic mass is 16.3. The molecule has 0 spiro atoms. The van der Waals surface area contributed by atoms with Crippen molar-refractivity contribution in [3.63, 3.8) is 0 Å². The monoisotopic (exact) mass is 436 g/mol. The Morgan fingerprint density at radius 2 is 1.55 bits per heavy atom. The van der Waals surface area contributed by atoms with Crippen molar-refractivity contribution < 1.29 is 20.4 Å². The molecule has 180 valence electrons. The summed E-state index contributed by atoms with van der Waals surface area (Å²) in [5, 5.41) is 41.3. The standard InChI is InChI=1S/C27H48O4/c1-16(5-8-23(30)17(2)15-28)20-6-7-21-25-22(10-12-27(20,21)4)26(3)11-9-19(29)13-18(26)14-24(25)31/h16-25,28-31H,5-15H2,1-4H3/t16?,17?,18-,19+,20+,21-,22-,23?,24+,25-,26-,27+/m0/s1. The molecule has 4 nitrogen and oxygen atoms in total. The van der Waals surface area contributed by atoms with Gasteiger partial charge >= 0.3 is 0 Å². The van der Waals surface area contributed by atoms with Crippen LogP contribution in [-0.4, -0.2) is 45.3 Å². The molecule has 4 aliphatic rings. The van der Waals surface area contributed by atoms with E-state index in [1.165, 1.54) is 25.7 Å². The van der Waals surface area contributed by atoms with Crippen LogP contribution in [-0.2, 0) is 0 Å². The Labute approximate surface area is 189 Å². The first-order valence-corrected chi connectivity index (χ1v) is 13.3. The van der Waals surface area contributed by atoms with Crippen molar-refractivity contribution in [1.82, 2.24) is 0 Å². The average molecular weight is 437 g/mol. The van der Waals surface area contributed by atoms with E-state index in [1.807, 2.05) is 6.92 Å². The summed E-state index contributed by atoms with van der Waals surface area (Å²) in [6.45, 7) is 9.34. The van der Waals surface area contributed by atoms with E-state index in [0.29, 0.717) is 46.3 Å². The lowest BCUT2D eigenvalue weighted by Crippen LogP contribution is -2.58. The fraction of sp³-hybridized carbons (Fsp3) is 1.00. The normalized spacial score (nSPS) is 50.1. The topological polar surface area (TPSA) is 80.9 Å². The SMILES string of the molecule is CC(CO)C(O)CCC(C)[C@H]1CC[C@H]2[C@@H]3[C@H](O)C[C@@H]4C[C@H](O)CC[C@]4(C)[C@H]3CC[C@]12C. The molecule has 0 aromatic rings. The maximum absolute atomic E-state index is 11.4. The van der Waals surface area contributed by atoms with Gasteiger partial charge in [0.05, 0.1) is 18.3 Å². The van der Waals surface area contributed by atoms with Gasteiger partial charge in [0.15, 0.2) is 0 Å². The lowest BCUT2D eigenvalue weighted by atomic mass is 9.43. The van der Waals surface area contributed by atoms with E-state index in [0.717, 1.165) is 38.5 Å². The highest BCUT2D eigenvalue weighted by Gasteiger charge is 2.62. The Kier molecular flexibility index (Phi) is 6.88. The van der Waals surface area contributed by atoms with Gasteiger partial charge in [0.25, 0.3) is 0 Å². The van der Waals surface area contributed by atoms with Gasteiger partial charge in [-0.15, -0.1) is 0 Å². The number of rotatable bonds is 6. The number of fused-ring (bicyclic) bond motifs is 5. The maximum atomic E-state index is 11.4. The van der Waals surface area contributed by atoms with Gasteiger partial charge < -0.3 is 20.4 Å². The van der Waals surface area contributed by atoms with E-state index < -0.39 is 6.10 Å². The quantitative estimate of drug-likeness (QED) is 0.498. The first-order chi connectivity index (χ1) is 14.6. The third-order valence-corrected chi connectivity index (χ3v) is 11.3. The van der Waals surface area contributed by atoms with Gasteiger partial charge in [-0.1, -0.05) is 27.7 Å². The van der Waals surface area contributed by atoms with Crippen molar-refractivity contribution in [2.45, 2.75) is 110 Å². The largest absolute Gasteiger partial charge is 0.396 e. The van der Waals surface area contributed by atoms with Gasteiger partial charge in [0.1, 0.15) is 0 Å². The Hall–Kier alpha value is -0.160. The van der Waals surface area contributed by atoms with Crippen LogP contribution < -0.4 is 0 Å². The summed E-state index contributed by atoms with van der Waals surface area (Å²) in [6.07, 6.45) is 9.81. The van der Waals surface area contributed by atoms with Crippen molar-refractivity contribution in [3.8, 4) is 0 Å². The predicted octanol–water partition coefficient (Wildman–Crippen LogP) is 4.38. The fourth-order valence-electron chi connectivity index (χ4n) is 9.22. The molecule has 0 amide bonds. The van der Waals surface area contributed by atoms with E-state index in [9.17, 15) is 20.4 Å². The second kappa shape index (κ2) is 8.89. The van der Waals surface area contributed by atoms with E-state index in [-0.39, 0.29) is 24.7 Å². The molecular formula is C27H48O4. The molecule has 0 aliphatic heterocycles. The van der Waals surface area contributed by atoms with Crippen molar-refractivity contribution in [1.29, 1.82) is 0 Å². The molecule has 4 rings (SSSR count). The molecule has 4 heteroatoms. The van der Waals surface area contributed by atoms with E-state index in [1.54, 1.807) is 0 Å². The summed E-state index contributed by atoms with van der Waals surface area (Å²) in [7, 11) is 0. The molecule has 0 saturated heterocycles. The van der Waals surface area contributed by atoms with Gasteiger partial charge in [-0.3, -0.25) is 0 Å². The van der Waals surface area contributed by atoms with Gasteiger partial charge in [-0.05, 0) is 111 Å². The molecule has 0 aromatic carbocycles. The van der Waals surface area contributed by atoms with Crippen LogP contribution in [0.1, 0.15) is 91.9 Å². The molecule has 12 atom stereocenters. The average Bonchev–Trinajstić information content (AvgIpc) is 3.09. The molecule has 4 N–H and O–H groups in total. The zero-order chi connectivity index (χ0) is 22.6. The summed E-state index contributed by atoms with van der Waals surface area (Å²) in [4.78, 5) is 0. The van der Waals surface area contributed by atoms with Gasteiger partial charge in [-0.25, -0.2) is 0 Å². The van der Waals surface area contributed by atoms with Crippen molar-refractivity contribution >= 4 is 0 Å². The molecule has 0 bridgehead atoms. The molecule has 3 unspecified atom stereocenters. The lowest BCUT2D eigenvalue weighted by Gasteiger charge is -2.62. The summed E-state index contributed by atoms with van der Waals surface area (Å²) < 4.78 is 0. The van der Waals surface area contributed by atoms with Crippen LogP contribution >= 0.6 is 0 Å². The summed E-state index contributed by atoms with van der Waals surface area (Å²) in [5.41, 5.74) is 0.588. The van der Waals surface area contributed by atoms with Crippen LogP contribution in [0.2, 0.25) is 0 Å². The van der Waals surface area contributed by atoms with E-state index in [2.05, 4.69) is 20.8 Å². The van der Waals surface area contributed by atoms with Gasteiger partial charge in [0, 0.05) is 12.5 Å². The number of hydrogen-bond acceptors (Lipinski definition) is 4.